The first kappa shape index (κ1) is 22.3. The Bertz CT molecular complexity index is 1410. The Balaban J connectivity index is 1.41. The third-order valence-electron chi connectivity index (χ3n) is 5.68. The van der Waals surface area contributed by atoms with Gasteiger partial charge >= 0.3 is 11.7 Å². The van der Waals surface area contributed by atoms with Crippen LogP contribution in [-0.4, -0.2) is 31.4 Å². The van der Waals surface area contributed by atoms with E-state index in [0.29, 0.717) is 46.6 Å². The summed E-state index contributed by atoms with van der Waals surface area (Å²) in [5.41, 5.74) is 1.90. The number of hydrogen-bond acceptors (Lipinski definition) is 8. The second kappa shape index (κ2) is 9.38. The van der Waals surface area contributed by atoms with E-state index in [1.807, 2.05) is 6.07 Å². The molecule has 0 radical (unpaired) electrons. The fraction of sp³-hybridized carbons (Fsp3) is 0.192. The molecular formula is C26H21NO8. The fourth-order valence-electron chi connectivity index (χ4n) is 4.02. The molecule has 9 heteroatoms. The maximum absolute atomic E-state index is 12.1. The van der Waals surface area contributed by atoms with E-state index in [1.54, 1.807) is 54.6 Å². The highest BCUT2D eigenvalue weighted by Crippen LogP contribution is 2.45. The first-order valence-corrected chi connectivity index (χ1v) is 10.9. The summed E-state index contributed by atoms with van der Waals surface area (Å²) in [6.07, 6.45) is 1.06. The summed E-state index contributed by atoms with van der Waals surface area (Å²) in [7, 11) is 1.48. The smallest absolute Gasteiger partial charge is 0.338 e. The molecule has 4 aromatic rings. The van der Waals surface area contributed by atoms with E-state index in [1.165, 1.54) is 7.11 Å². The molecule has 0 saturated heterocycles. The molecule has 0 N–H and O–H groups in total. The minimum Gasteiger partial charge on any atom is -0.493 e. The number of hydrogen-bond donors (Lipinski definition) is 0. The Morgan fingerprint density at radius 1 is 1.06 bits per heavy atom. The molecule has 1 aliphatic heterocycles. The summed E-state index contributed by atoms with van der Waals surface area (Å²) >= 11 is 0. The zero-order valence-electron chi connectivity index (χ0n) is 18.8. The number of methoxy groups -OCH3 is 1. The van der Waals surface area contributed by atoms with Crippen molar-refractivity contribution in [1.29, 1.82) is 0 Å². The third-order valence-corrected chi connectivity index (χ3v) is 5.68. The van der Waals surface area contributed by atoms with Gasteiger partial charge in [0.1, 0.15) is 5.39 Å². The molecule has 0 amide bonds. The van der Waals surface area contributed by atoms with Crippen LogP contribution < -0.4 is 14.2 Å². The van der Waals surface area contributed by atoms with E-state index in [-0.39, 0.29) is 30.4 Å². The first-order valence-electron chi connectivity index (χ1n) is 10.9. The van der Waals surface area contributed by atoms with E-state index in [9.17, 15) is 14.9 Å². The van der Waals surface area contributed by atoms with Crippen molar-refractivity contribution in [3.05, 3.63) is 81.9 Å². The van der Waals surface area contributed by atoms with Gasteiger partial charge in [-0.25, -0.2) is 4.79 Å². The highest BCUT2D eigenvalue weighted by Gasteiger charge is 2.29. The number of furan rings is 1. The van der Waals surface area contributed by atoms with Crippen LogP contribution in [0.1, 0.15) is 22.3 Å². The Labute approximate surface area is 199 Å². The van der Waals surface area contributed by atoms with E-state index in [2.05, 4.69) is 0 Å². The molecule has 0 aliphatic carbocycles. The number of rotatable bonds is 8. The number of ether oxygens (including phenoxy) is 4. The van der Waals surface area contributed by atoms with Crippen LogP contribution in [0.25, 0.3) is 22.3 Å². The molecule has 0 atom stereocenters. The number of benzene rings is 3. The summed E-state index contributed by atoms with van der Waals surface area (Å²) in [6.45, 7) is 0.308. The van der Waals surface area contributed by atoms with Gasteiger partial charge in [0.25, 0.3) is 0 Å². The Morgan fingerprint density at radius 3 is 2.63 bits per heavy atom. The maximum Gasteiger partial charge on any atom is 0.338 e. The van der Waals surface area contributed by atoms with Gasteiger partial charge in [-0.2, -0.15) is 0 Å². The van der Waals surface area contributed by atoms with Crippen LogP contribution in [0.4, 0.5) is 5.69 Å². The zero-order valence-corrected chi connectivity index (χ0v) is 18.8. The molecule has 2 heterocycles. The van der Waals surface area contributed by atoms with Crippen molar-refractivity contribution in [3.63, 3.8) is 0 Å². The van der Waals surface area contributed by atoms with Gasteiger partial charge in [0.2, 0.25) is 12.6 Å². The lowest BCUT2D eigenvalue weighted by Gasteiger charge is -2.07. The van der Waals surface area contributed by atoms with Gasteiger partial charge in [-0.3, -0.25) is 10.1 Å². The van der Waals surface area contributed by atoms with E-state index in [0.717, 1.165) is 5.56 Å². The average Bonchev–Trinajstić information content (AvgIpc) is 3.50. The monoisotopic (exact) mass is 475 g/mol. The van der Waals surface area contributed by atoms with Crippen molar-refractivity contribution in [2.75, 3.05) is 20.5 Å². The summed E-state index contributed by atoms with van der Waals surface area (Å²) < 4.78 is 27.5. The number of carbonyl (C=O) groups is 1. The van der Waals surface area contributed by atoms with Crippen LogP contribution in [0.2, 0.25) is 0 Å². The van der Waals surface area contributed by atoms with Crippen LogP contribution in [0.5, 0.6) is 17.2 Å². The van der Waals surface area contributed by atoms with Crippen LogP contribution in [-0.2, 0) is 11.2 Å². The SMILES string of the molecule is COc1cc(CCCOC(=O)c2ccccc2)cc2c([N+](=O)[O-])c(-c3ccc4c(c3)OCO4)oc12. The number of nitro groups is 1. The normalized spacial score (nSPS) is 12.0. The Kier molecular flexibility index (Phi) is 5.97. The van der Waals surface area contributed by atoms with Gasteiger partial charge in [-0.1, -0.05) is 18.2 Å². The lowest BCUT2D eigenvalue weighted by Crippen LogP contribution is -2.06. The molecule has 0 saturated carbocycles. The number of carbonyl (C=O) groups excluding carboxylic acids is 1. The molecule has 0 spiro atoms. The number of nitrogens with zero attached hydrogens (tertiary/aromatic N) is 1. The van der Waals surface area contributed by atoms with Crippen LogP contribution in [0.15, 0.2) is 65.1 Å². The molecule has 0 fully saturated rings. The summed E-state index contributed by atoms with van der Waals surface area (Å²) in [4.78, 5) is 23.7. The van der Waals surface area contributed by atoms with Gasteiger partial charge in [-0.05, 0) is 60.9 Å². The quantitative estimate of drug-likeness (QED) is 0.141. The van der Waals surface area contributed by atoms with Crippen molar-refractivity contribution >= 4 is 22.6 Å². The zero-order chi connectivity index (χ0) is 24.4. The average molecular weight is 475 g/mol. The van der Waals surface area contributed by atoms with E-state index < -0.39 is 10.9 Å². The molecular weight excluding hydrogens is 454 g/mol. The molecule has 0 bridgehead atoms. The first-order chi connectivity index (χ1) is 17.0. The molecule has 3 aromatic carbocycles. The van der Waals surface area contributed by atoms with Gasteiger partial charge < -0.3 is 23.4 Å². The van der Waals surface area contributed by atoms with Gasteiger partial charge in [0.15, 0.2) is 22.8 Å². The molecule has 5 rings (SSSR count). The topological polar surface area (TPSA) is 110 Å². The Morgan fingerprint density at radius 2 is 1.86 bits per heavy atom. The van der Waals surface area contributed by atoms with E-state index >= 15 is 0 Å². The van der Waals surface area contributed by atoms with Gasteiger partial charge in [0, 0.05) is 5.56 Å². The largest absolute Gasteiger partial charge is 0.493 e. The summed E-state index contributed by atoms with van der Waals surface area (Å²) in [5.74, 6) is 1.16. The molecule has 1 aliphatic rings. The van der Waals surface area contributed by atoms with Crippen molar-refractivity contribution < 1.29 is 33.1 Å². The minimum absolute atomic E-state index is 0.0961. The van der Waals surface area contributed by atoms with Crippen LogP contribution in [0.3, 0.4) is 0 Å². The van der Waals surface area contributed by atoms with Crippen LogP contribution in [0, 0.1) is 10.1 Å². The molecule has 1 aromatic heterocycles. The lowest BCUT2D eigenvalue weighted by molar-refractivity contribution is -0.382. The summed E-state index contributed by atoms with van der Waals surface area (Å²) in [6, 6.07) is 17.3. The van der Waals surface area contributed by atoms with Crippen LogP contribution >= 0.6 is 0 Å². The lowest BCUT2D eigenvalue weighted by atomic mass is 10.0. The fourth-order valence-corrected chi connectivity index (χ4v) is 4.02. The highest BCUT2D eigenvalue weighted by molar-refractivity contribution is 5.98. The predicted molar refractivity (Wildman–Crippen MR) is 126 cm³/mol. The van der Waals surface area contributed by atoms with Crippen molar-refractivity contribution in [2.45, 2.75) is 12.8 Å². The Hall–Kier alpha value is -4.53. The number of aryl methyl sites for hydroxylation is 1. The molecule has 35 heavy (non-hydrogen) atoms. The number of esters is 1. The van der Waals surface area contributed by atoms with Crippen molar-refractivity contribution in [3.8, 4) is 28.6 Å². The van der Waals surface area contributed by atoms with Gasteiger partial charge in [0.05, 0.1) is 24.2 Å². The van der Waals surface area contributed by atoms with E-state index in [4.69, 9.17) is 23.4 Å². The van der Waals surface area contributed by atoms with Crippen molar-refractivity contribution in [1.82, 2.24) is 0 Å². The maximum atomic E-state index is 12.1. The second-order valence-electron chi connectivity index (χ2n) is 7.89. The molecule has 9 nitrogen and oxygen atoms in total. The number of fused-ring (bicyclic) bond motifs is 2. The molecule has 178 valence electrons. The highest BCUT2D eigenvalue weighted by atomic mass is 16.7. The van der Waals surface area contributed by atoms with Gasteiger partial charge in [-0.15, -0.1) is 0 Å². The van der Waals surface area contributed by atoms with Crippen molar-refractivity contribution in [2.24, 2.45) is 0 Å². The predicted octanol–water partition coefficient (Wildman–Crippen LogP) is 5.53. The third kappa shape index (κ3) is 4.35. The minimum atomic E-state index is -0.462. The second-order valence-corrected chi connectivity index (χ2v) is 7.89. The molecule has 0 unspecified atom stereocenters. The standard InChI is InChI=1S/C26H21NO8/c1-31-22-13-16(6-5-11-32-26(28)17-7-3-2-4-8-17)12-19-23(27(29)30)24(35-25(19)22)18-9-10-20-21(14-18)34-15-33-20/h2-4,7-10,12-14H,5-6,11,15H2,1H3. The summed E-state index contributed by atoms with van der Waals surface area (Å²) in [5, 5.41) is 12.4.